The Morgan fingerprint density at radius 3 is 1.02 bits per heavy atom. The molecular weight excluding hydrogens is 1180 g/mol. The third-order valence-corrected chi connectivity index (χ3v) is 20.9. The summed E-state index contributed by atoms with van der Waals surface area (Å²) in [7, 11) is 6.69. The molecule has 16 nitrogen and oxygen atoms in total. The van der Waals surface area contributed by atoms with Crippen LogP contribution < -0.4 is 59.2 Å². The monoisotopic (exact) mass is 1250 g/mol. The van der Waals surface area contributed by atoms with Crippen LogP contribution in [0.3, 0.4) is 0 Å². The molecule has 8 aliphatic heterocycles. The number of aliphatic hydroxyl groups is 4. The summed E-state index contributed by atoms with van der Waals surface area (Å²) < 4.78 is 49.0. The first-order valence-corrected chi connectivity index (χ1v) is 30.6. The van der Waals surface area contributed by atoms with Gasteiger partial charge in [-0.05, 0) is 98.4 Å². The van der Waals surface area contributed by atoms with Crippen LogP contribution in [-0.2, 0) is 47.8 Å². The summed E-state index contributed by atoms with van der Waals surface area (Å²) in [5, 5.41) is 53.7. The van der Waals surface area contributed by atoms with Crippen molar-refractivity contribution in [3.05, 3.63) is 138 Å². The number of ether oxygens (including phenoxy) is 8. The molecule has 0 fully saturated rings. The molecular formula is C64H74Br2N4O12. The smallest absolute Gasteiger partial charge is 0.166 e. The fourth-order valence-electron chi connectivity index (χ4n) is 15.5. The van der Waals surface area contributed by atoms with E-state index in [4.69, 9.17) is 37.9 Å². The van der Waals surface area contributed by atoms with E-state index in [1.165, 1.54) is 44.5 Å². The molecule has 8 heterocycles. The topological polar surface area (TPSA) is 203 Å². The van der Waals surface area contributed by atoms with Crippen molar-refractivity contribution in [1.29, 1.82) is 0 Å². The minimum atomic E-state index is -0.427. The summed E-state index contributed by atoms with van der Waals surface area (Å²) in [5.74, 6) is 6.56. The van der Waals surface area contributed by atoms with Gasteiger partial charge in [0.15, 0.2) is 46.0 Å². The van der Waals surface area contributed by atoms with Crippen LogP contribution in [0.4, 0.5) is 0 Å². The van der Waals surface area contributed by atoms with Gasteiger partial charge in [-0.3, -0.25) is 0 Å². The SMILES string of the molecule is COc1cc(Br)c2c3c1O[C@@H]1C[C@@H](O)C=C[C@]31CCNC2.COc1cc(Br)c2c3c1O[C@H]1C[C@H](O)C=C[C@@]31CCNC2.COc1ccc2c3c1O[C@@H]1C[C@@H](O)C=C[C@]31CCNC2.COc1ccc2c3c1O[C@H]1C[C@H](O)C=C[C@@]31CCNC2. The molecule has 4 spiro atoms. The molecule has 0 saturated carbocycles. The first-order valence-electron chi connectivity index (χ1n) is 29.0. The molecule has 0 aromatic heterocycles. The third kappa shape index (κ3) is 9.02. The number of nitrogens with one attached hydrogen (secondary N) is 4. The molecule has 0 saturated heterocycles. The average molecular weight is 1250 g/mol. The summed E-state index contributed by atoms with van der Waals surface area (Å²) in [6.45, 7) is 7.14. The maximum Gasteiger partial charge on any atom is 0.166 e. The van der Waals surface area contributed by atoms with Crippen molar-refractivity contribution in [1.82, 2.24) is 21.3 Å². The molecule has 16 rings (SSSR count). The van der Waals surface area contributed by atoms with Gasteiger partial charge in [0, 0.05) is 83.1 Å². The zero-order chi connectivity index (χ0) is 56.7. The second-order valence-electron chi connectivity index (χ2n) is 23.7. The number of benzene rings is 4. The van der Waals surface area contributed by atoms with Crippen LogP contribution in [0.15, 0.2) is 94.0 Å². The molecule has 8 N–H and O–H groups in total. The molecule has 4 aliphatic carbocycles. The highest BCUT2D eigenvalue weighted by Gasteiger charge is 2.56. The van der Waals surface area contributed by atoms with Crippen LogP contribution in [0.2, 0.25) is 0 Å². The fraction of sp³-hybridized carbons (Fsp3) is 0.500. The molecule has 0 amide bonds. The summed E-state index contributed by atoms with van der Waals surface area (Å²) in [6.07, 6.45) is 21.1. The van der Waals surface area contributed by atoms with E-state index < -0.39 is 24.4 Å². The van der Waals surface area contributed by atoms with Gasteiger partial charge in [0.25, 0.3) is 0 Å². The molecule has 4 aromatic carbocycles. The largest absolute Gasteiger partial charge is 0.493 e. The van der Waals surface area contributed by atoms with Gasteiger partial charge in [-0.25, -0.2) is 0 Å². The summed E-state index contributed by atoms with van der Waals surface area (Å²) >= 11 is 7.35. The Balaban J connectivity index is 0.000000103. The average Bonchev–Trinajstić information content (AvgIpc) is 3.58. The Kier molecular flexibility index (Phi) is 15.1. The van der Waals surface area contributed by atoms with E-state index >= 15 is 0 Å². The van der Waals surface area contributed by atoms with Gasteiger partial charge < -0.3 is 79.6 Å². The first-order chi connectivity index (χ1) is 39.8. The summed E-state index contributed by atoms with van der Waals surface area (Å²) in [4.78, 5) is 0. The maximum atomic E-state index is 9.96. The van der Waals surface area contributed by atoms with Crippen LogP contribution in [-0.4, -0.2) is 124 Å². The molecule has 436 valence electrons. The van der Waals surface area contributed by atoms with Gasteiger partial charge in [-0.2, -0.15) is 0 Å². The molecule has 0 unspecified atom stereocenters. The van der Waals surface area contributed by atoms with Crippen molar-refractivity contribution in [3.8, 4) is 46.0 Å². The number of aliphatic hydroxyl groups excluding tert-OH is 4. The second-order valence-corrected chi connectivity index (χ2v) is 25.4. The zero-order valence-corrected chi connectivity index (χ0v) is 50.0. The van der Waals surface area contributed by atoms with Crippen LogP contribution in [0.5, 0.6) is 46.0 Å². The third-order valence-electron chi connectivity index (χ3n) is 19.5. The van der Waals surface area contributed by atoms with Crippen LogP contribution >= 0.6 is 31.9 Å². The second kappa shape index (κ2) is 22.1. The van der Waals surface area contributed by atoms with E-state index in [2.05, 4.69) is 89.6 Å². The van der Waals surface area contributed by atoms with Crippen LogP contribution in [0.1, 0.15) is 95.9 Å². The molecule has 12 aliphatic rings. The fourth-order valence-corrected chi connectivity index (χ4v) is 16.6. The lowest BCUT2D eigenvalue weighted by molar-refractivity contribution is 0.0849. The Bertz CT molecular complexity index is 3070. The first kappa shape index (κ1) is 56.0. The number of rotatable bonds is 4. The summed E-state index contributed by atoms with van der Waals surface area (Å²) in [6, 6.07) is 12.2. The standard InChI is InChI=1S/2C16H18BrNO3.2C16H19NO3/c2*1-20-12-7-11(17)10-8-18-5-4-16-3-2-9(19)6-13(16)21-15(12)14(10)16;2*1-19-12-3-2-10-9-17-7-6-16-5-4-11(18)8-13(16)20-15(12)14(10)16/h2*2-3,7,9,13,18-19H,4-6,8H2,1H3;2*2-5,11,13,17-18H,6-9H2,1H3/t2*9-,13+,16+;2*11-,13+,16+/m1010/s1. The Hall–Kier alpha value is -5.12. The highest BCUT2D eigenvalue weighted by Crippen LogP contribution is 2.60. The van der Waals surface area contributed by atoms with Gasteiger partial charge in [-0.15, -0.1) is 0 Å². The number of hydrogen-bond acceptors (Lipinski definition) is 16. The number of hydrogen-bond donors (Lipinski definition) is 8. The number of halogens is 2. The van der Waals surface area contributed by atoms with Crippen molar-refractivity contribution in [2.24, 2.45) is 0 Å². The zero-order valence-electron chi connectivity index (χ0n) is 46.8. The molecule has 18 heteroatoms. The van der Waals surface area contributed by atoms with Gasteiger partial charge in [0.2, 0.25) is 0 Å². The molecule has 82 heavy (non-hydrogen) atoms. The Labute approximate surface area is 495 Å². The van der Waals surface area contributed by atoms with E-state index in [1.54, 1.807) is 28.4 Å². The van der Waals surface area contributed by atoms with Gasteiger partial charge in [-0.1, -0.05) is 92.6 Å². The van der Waals surface area contributed by atoms with Gasteiger partial charge in [0.05, 0.1) is 74.5 Å². The minimum absolute atomic E-state index is 0.00690. The van der Waals surface area contributed by atoms with Crippen molar-refractivity contribution >= 4 is 31.9 Å². The lowest BCUT2D eigenvalue weighted by Crippen LogP contribution is -2.42. The maximum absolute atomic E-state index is 9.96. The van der Waals surface area contributed by atoms with E-state index in [0.717, 1.165) is 133 Å². The predicted octanol–water partition coefficient (Wildman–Crippen LogP) is 7.56. The quantitative estimate of drug-likeness (QED) is 0.0930. The van der Waals surface area contributed by atoms with E-state index in [9.17, 15) is 20.4 Å². The van der Waals surface area contributed by atoms with Crippen molar-refractivity contribution < 1.29 is 58.3 Å². The molecule has 0 radical (unpaired) electrons. The van der Waals surface area contributed by atoms with Crippen molar-refractivity contribution in [3.63, 3.8) is 0 Å². The lowest BCUT2D eigenvalue weighted by Gasteiger charge is -2.35. The molecule has 12 atom stereocenters. The molecule has 0 bridgehead atoms. The highest BCUT2D eigenvalue weighted by atomic mass is 79.9. The van der Waals surface area contributed by atoms with Gasteiger partial charge >= 0.3 is 0 Å². The number of methoxy groups -OCH3 is 4. The van der Waals surface area contributed by atoms with E-state index in [-0.39, 0.29) is 46.1 Å². The van der Waals surface area contributed by atoms with E-state index in [1.807, 2.05) is 48.6 Å². The minimum Gasteiger partial charge on any atom is -0.493 e. The predicted molar refractivity (Wildman–Crippen MR) is 316 cm³/mol. The lowest BCUT2D eigenvalue weighted by atomic mass is 9.69. The Morgan fingerprint density at radius 1 is 0.415 bits per heavy atom. The van der Waals surface area contributed by atoms with Crippen LogP contribution in [0, 0.1) is 0 Å². The van der Waals surface area contributed by atoms with Crippen LogP contribution in [0.25, 0.3) is 0 Å². The van der Waals surface area contributed by atoms with Crippen molar-refractivity contribution in [2.75, 3.05) is 54.6 Å². The summed E-state index contributed by atoms with van der Waals surface area (Å²) in [5.41, 5.74) is 9.50. The van der Waals surface area contributed by atoms with E-state index in [0.29, 0.717) is 25.7 Å². The highest BCUT2D eigenvalue weighted by molar-refractivity contribution is 9.10. The van der Waals surface area contributed by atoms with Gasteiger partial charge in [0.1, 0.15) is 24.4 Å². The van der Waals surface area contributed by atoms with Crippen molar-refractivity contribution in [2.45, 2.75) is 148 Å². The molecule has 4 aromatic rings. The Morgan fingerprint density at radius 2 is 0.707 bits per heavy atom. The normalized spacial score (nSPS) is 33.4.